The molecule has 1 aromatic rings. The average Bonchev–Trinajstić information content (AvgIpc) is 2.58. The molecule has 1 rings (SSSR count). The van der Waals surface area contributed by atoms with E-state index >= 15 is 0 Å². The minimum absolute atomic E-state index is 0.0321. The highest BCUT2D eigenvalue weighted by Gasteiger charge is 2.14. The predicted octanol–water partition coefficient (Wildman–Crippen LogP) is 6.05. The quantitative estimate of drug-likeness (QED) is 0.339. The molecule has 1 aromatic carbocycles. The van der Waals surface area contributed by atoms with E-state index < -0.39 is 5.97 Å². The molecule has 3 heteroatoms. The molecule has 0 amide bonds. The molecule has 2 N–H and O–H groups in total. The van der Waals surface area contributed by atoms with Crippen molar-refractivity contribution < 1.29 is 15.0 Å². The van der Waals surface area contributed by atoms with Crippen LogP contribution in [0.1, 0.15) is 67.3 Å². The Hall–Kier alpha value is -2.29. The number of hydrogen-bond acceptors (Lipinski definition) is 2. The van der Waals surface area contributed by atoms with Crippen LogP contribution in [0.15, 0.2) is 55.2 Å². The molecule has 0 spiro atoms. The first kappa shape index (κ1) is 20.8. The second-order valence-corrected chi connectivity index (χ2v) is 6.10. The summed E-state index contributed by atoms with van der Waals surface area (Å²) >= 11 is 0. The van der Waals surface area contributed by atoms with Crippen LogP contribution in [0.3, 0.4) is 0 Å². The molecular formula is C22H30O3. The number of carboxylic acids is 1. The Morgan fingerprint density at radius 2 is 1.52 bits per heavy atom. The lowest BCUT2D eigenvalue weighted by Crippen LogP contribution is -2.02. The highest BCUT2D eigenvalue weighted by molar-refractivity contribution is 5.92. The van der Waals surface area contributed by atoms with Crippen molar-refractivity contribution >= 4 is 5.97 Å². The van der Waals surface area contributed by atoms with E-state index in [0.717, 1.165) is 38.5 Å². The van der Waals surface area contributed by atoms with Crippen molar-refractivity contribution in [1.82, 2.24) is 0 Å². The molecule has 0 aliphatic heterocycles. The monoisotopic (exact) mass is 342 g/mol. The number of aryl methyl sites for hydroxylation is 1. The van der Waals surface area contributed by atoms with E-state index in [4.69, 9.17) is 5.11 Å². The van der Waals surface area contributed by atoms with Crippen molar-refractivity contribution in [3.05, 3.63) is 66.3 Å². The van der Waals surface area contributed by atoms with Gasteiger partial charge in [0.05, 0.1) is 0 Å². The van der Waals surface area contributed by atoms with Gasteiger partial charge in [-0.05, 0) is 69.4 Å². The first-order valence-corrected chi connectivity index (χ1v) is 9.12. The fourth-order valence-electron chi connectivity index (χ4n) is 2.67. The van der Waals surface area contributed by atoms with Crippen LogP contribution in [0.5, 0.6) is 5.75 Å². The lowest BCUT2D eigenvalue weighted by atomic mass is 10.0. The van der Waals surface area contributed by atoms with Crippen molar-refractivity contribution in [1.29, 1.82) is 0 Å². The normalized spacial score (nSPS) is 11.4. The first-order valence-electron chi connectivity index (χ1n) is 9.12. The van der Waals surface area contributed by atoms with Crippen LogP contribution in [0.4, 0.5) is 0 Å². The molecule has 0 fully saturated rings. The third-order valence-electron chi connectivity index (χ3n) is 4.02. The van der Waals surface area contributed by atoms with Gasteiger partial charge in [-0.1, -0.05) is 42.5 Å². The Kier molecular flexibility index (Phi) is 10.8. The maximum absolute atomic E-state index is 11.2. The van der Waals surface area contributed by atoms with Crippen molar-refractivity contribution in [3.63, 3.8) is 0 Å². The number of carboxylic acid groups (broad SMARTS) is 1. The van der Waals surface area contributed by atoms with Crippen LogP contribution < -0.4 is 0 Å². The van der Waals surface area contributed by atoms with Crippen molar-refractivity contribution in [2.24, 2.45) is 0 Å². The number of allylic oxidation sites excluding steroid dienone is 5. The molecule has 0 aliphatic carbocycles. The topological polar surface area (TPSA) is 57.5 Å². The molecule has 0 unspecified atom stereocenters. The molecule has 0 saturated heterocycles. The summed E-state index contributed by atoms with van der Waals surface area (Å²) in [6.45, 7) is 3.72. The molecule has 25 heavy (non-hydrogen) atoms. The smallest absolute Gasteiger partial charge is 0.339 e. The number of rotatable bonds is 13. The van der Waals surface area contributed by atoms with E-state index in [2.05, 4.69) is 30.9 Å². The maximum Gasteiger partial charge on any atom is 0.339 e. The number of unbranched alkanes of at least 4 members (excludes halogenated alkanes) is 5. The molecule has 0 heterocycles. The number of phenols is 1. The molecule has 0 atom stereocenters. The fraction of sp³-hybridized carbons (Fsp3) is 0.409. The van der Waals surface area contributed by atoms with Gasteiger partial charge in [-0.25, -0.2) is 4.79 Å². The van der Waals surface area contributed by atoms with Crippen molar-refractivity contribution in [2.45, 2.75) is 57.8 Å². The summed E-state index contributed by atoms with van der Waals surface area (Å²) in [6.07, 6.45) is 20.0. The van der Waals surface area contributed by atoms with Crippen LogP contribution in [0.2, 0.25) is 0 Å². The van der Waals surface area contributed by atoms with Gasteiger partial charge in [-0.3, -0.25) is 0 Å². The Morgan fingerprint density at radius 3 is 2.16 bits per heavy atom. The summed E-state index contributed by atoms with van der Waals surface area (Å²) < 4.78 is 0. The van der Waals surface area contributed by atoms with Gasteiger partial charge in [-0.15, -0.1) is 6.58 Å². The minimum Gasteiger partial charge on any atom is -0.507 e. The Bertz CT molecular complexity index is 585. The highest BCUT2D eigenvalue weighted by atomic mass is 16.4. The predicted molar refractivity (Wildman–Crippen MR) is 104 cm³/mol. The molecular weight excluding hydrogens is 312 g/mol. The minimum atomic E-state index is -1.07. The van der Waals surface area contributed by atoms with Gasteiger partial charge >= 0.3 is 5.97 Å². The summed E-state index contributed by atoms with van der Waals surface area (Å²) in [5.74, 6) is -1.23. The number of aromatic hydroxyl groups is 1. The summed E-state index contributed by atoms with van der Waals surface area (Å²) in [4.78, 5) is 11.2. The SMILES string of the molecule is C=CCCCCC=CCCC=CCCCc1cccc(O)c1C(=O)O. The fourth-order valence-corrected chi connectivity index (χ4v) is 2.67. The summed E-state index contributed by atoms with van der Waals surface area (Å²) in [5.41, 5.74) is 0.727. The third-order valence-corrected chi connectivity index (χ3v) is 4.02. The molecule has 0 saturated carbocycles. The van der Waals surface area contributed by atoms with Gasteiger partial charge in [0, 0.05) is 0 Å². The number of hydrogen-bond donors (Lipinski definition) is 2. The van der Waals surface area contributed by atoms with E-state index in [9.17, 15) is 9.90 Å². The van der Waals surface area contributed by atoms with Gasteiger partial charge in [-0.2, -0.15) is 0 Å². The zero-order valence-electron chi connectivity index (χ0n) is 15.0. The summed E-state index contributed by atoms with van der Waals surface area (Å²) in [5, 5.41) is 18.8. The molecule has 136 valence electrons. The first-order chi connectivity index (χ1) is 12.2. The van der Waals surface area contributed by atoms with Crippen LogP contribution in [-0.2, 0) is 6.42 Å². The second-order valence-electron chi connectivity index (χ2n) is 6.10. The van der Waals surface area contributed by atoms with Gasteiger partial charge < -0.3 is 10.2 Å². The molecule has 0 aliphatic rings. The van der Waals surface area contributed by atoms with Gasteiger partial charge in [0.15, 0.2) is 0 Å². The molecule has 0 aromatic heterocycles. The summed E-state index contributed by atoms with van der Waals surface area (Å²) in [7, 11) is 0. The summed E-state index contributed by atoms with van der Waals surface area (Å²) in [6, 6.07) is 4.88. The lowest BCUT2D eigenvalue weighted by molar-refractivity contribution is 0.0692. The van der Waals surface area contributed by atoms with Crippen LogP contribution >= 0.6 is 0 Å². The molecule has 0 radical (unpaired) electrons. The Morgan fingerprint density at radius 1 is 0.920 bits per heavy atom. The Balaban J connectivity index is 2.17. The number of carbonyl (C=O) groups is 1. The van der Waals surface area contributed by atoms with Crippen LogP contribution in [-0.4, -0.2) is 16.2 Å². The molecule has 3 nitrogen and oxygen atoms in total. The number of aromatic carboxylic acids is 1. The molecule has 0 bridgehead atoms. The zero-order chi connectivity index (χ0) is 18.3. The van der Waals surface area contributed by atoms with Gasteiger partial charge in [0.25, 0.3) is 0 Å². The van der Waals surface area contributed by atoms with Crippen molar-refractivity contribution in [3.8, 4) is 5.75 Å². The number of benzene rings is 1. The van der Waals surface area contributed by atoms with E-state index in [1.54, 1.807) is 12.1 Å². The van der Waals surface area contributed by atoms with Gasteiger partial charge in [0.1, 0.15) is 11.3 Å². The van der Waals surface area contributed by atoms with E-state index in [1.807, 2.05) is 6.08 Å². The lowest BCUT2D eigenvalue weighted by Gasteiger charge is -2.06. The second kappa shape index (κ2) is 13.1. The standard InChI is InChI=1S/C22H30O3/c1-2-3-4-5-6-7-8-9-10-11-12-13-14-16-19-17-15-18-20(23)21(19)22(24)25/h2,7-8,11-12,15,17-18,23H,1,3-6,9-10,13-14,16H2,(H,24,25). The van der Waals surface area contributed by atoms with E-state index in [0.29, 0.717) is 12.0 Å². The van der Waals surface area contributed by atoms with E-state index in [-0.39, 0.29) is 11.3 Å². The Labute approximate surface area is 151 Å². The van der Waals surface area contributed by atoms with Crippen LogP contribution in [0, 0.1) is 0 Å². The van der Waals surface area contributed by atoms with E-state index in [1.165, 1.54) is 18.9 Å². The maximum atomic E-state index is 11.2. The largest absolute Gasteiger partial charge is 0.507 e. The zero-order valence-corrected chi connectivity index (χ0v) is 15.0. The average molecular weight is 342 g/mol. The van der Waals surface area contributed by atoms with Gasteiger partial charge in [0.2, 0.25) is 0 Å². The van der Waals surface area contributed by atoms with Crippen LogP contribution in [0.25, 0.3) is 0 Å². The van der Waals surface area contributed by atoms with Crippen molar-refractivity contribution in [2.75, 3.05) is 0 Å². The highest BCUT2D eigenvalue weighted by Crippen LogP contribution is 2.22. The third kappa shape index (κ3) is 8.94.